The van der Waals surface area contributed by atoms with Crippen molar-refractivity contribution in [2.75, 3.05) is 17.6 Å². The van der Waals surface area contributed by atoms with Crippen LogP contribution in [-0.4, -0.2) is 17.2 Å². The van der Waals surface area contributed by atoms with Crippen LogP contribution in [-0.2, 0) is 5.75 Å². The van der Waals surface area contributed by atoms with Crippen molar-refractivity contribution in [2.24, 2.45) is 0 Å². The maximum absolute atomic E-state index is 10.9. The lowest BCUT2D eigenvalue weighted by molar-refractivity contribution is -0.384. The predicted octanol–water partition coefficient (Wildman–Crippen LogP) is 4.06. The van der Waals surface area contributed by atoms with Crippen LogP contribution in [0.3, 0.4) is 0 Å². The quantitative estimate of drug-likeness (QED) is 0.439. The highest BCUT2D eigenvalue weighted by Gasteiger charge is 2.13. The predicted molar refractivity (Wildman–Crippen MR) is 78.3 cm³/mol. The van der Waals surface area contributed by atoms with E-state index in [0.29, 0.717) is 12.2 Å². The first kappa shape index (κ1) is 14.8. The molecule has 0 amide bonds. The first-order chi connectivity index (χ1) is 8.69. The molecule has 0 aliphatic carbocycles. The number of unbranched alkanes of at least 4 members (excludes halogenated alkanes) is 1. The zero-order valence-electron chi connectivity index (χ0n) is 10.9. The van der Waals surface area contributed by atoms with Crippen molar-refractivity contribution in [3.05, 3.63) is 33.9 Å². The molecule has 0 aromatic heterocycles. The molecular weight excluding hydrogens is 248 g/mol. The zero-order valence-corrected chi connectivity index (χ0v) is 11.8. The maximum Gasteiger partial charge on any atom is 0.292 e. The van der Waals surface area contributed by atoms with Gasteiger partial charge in [-0.2, -0.15) is 11.8 Å². The second kappa shape index (κ2) is 7.97. The highest BCUT2D eigenvalue weighted by Crippen LogP contribution is 2.27. The van der Waals surface area contributed by atoms with Crippen molar-refractivity contribution >= 4 is 23.1 Å². The van der Waals surface area contributed by atoms with Crippen LogP contribution in [0.1, 0.15) is 32.3 Å². The van der Waals surface area contributed by atoms with Gasteiger partial charge in [0.05, 0.1) is 4.92 Å². The molecule has 1 N–H and O–H groups in total. The average Bonchev–Trinajstić information content (AvgIpc) is 2.35. The summed E-state index contributed by atoms with van der Waals surface area (Å²) < 4.78 is 0. The molecule has 4 nitrogen and oxygen atoms in total. The Morgan fingerprint density at radius 3 is 2.78 bits per heavy atom. The highest BCUT2D eigenvalue weighted by molar-refractivity contribution is 7.98. The molecule has 1 aromatic rings. The van der Waals surface area contributed by atoms with Crippen molar-refractivity contribution < 1.29 is 4.92 Å². The van der Waals surface area contributed by atoms with E-state index >= 15 is 0 Å². The number of nitrogens with zero attached hydrogens (tertiary/aromatic N) is 1. The minimum Gasteiger partial charge on any atom is -0.380 e. The monoisotopic (exact) mass is 268 g/mol. The number of nitro groups is 1. The van der Waals surface area contributed by atoms with Crippen LogP contribution in [0.25, 0.3) is 0 Å². The fourth-order valence-electron chi connectivity index (χ4n) is 1.60. The Kier molecular flexibility index (Phi) is 6.57. The number of thioether (sulfide) groups is 1. The number of benzene rings is 1. The molecule has 5 heteroatoms. The van der Waals surface area contributed by atoms with Crippen molar-refractivity contribution in [3.8, 4) is 0 Å². The van der Waals surface area contributed by atoms with Gasteiger partial charge < -0.3 is 5.32 Å². The van der Waals surface area contributed by atoms with Crippen LogP contribution in [0, 0.1) is 10.1 Å². The Labute approximate surface area is 112 Å². The van der Waals surface area contributed by atoms with E-state index in [2.05, 4.69) is 12.2 Å². The van der Waals surface area contributed by atoms with Crippen molar-refractivity contribution in [3.63, 3.8) is 0 Å². The summed E-state index contributed by atoms with van der Waals surface area (Å²) in [7, 11) is 0. The van der Waals surface area contributed by atoms with E-state index in [1.807, 2.05) is 30.8 Å². The third-order valence-electron chi connectivity index (χ3n) is 2.54. The Balaban J connectivity index is 2.70. The molecular formula is C13H20N2O2S. The van der Waals surface area contributed by atoms with Gasteiger partial charge in [0.2, 0.25) is 0 Å². The van der Waals surface area contributed by atoms with Crippen molar-refractivity contribution in [1.29, 1.82) is 0 Å². The molecule has 1 aromatic carbocycles. The van der Waals surface area contributed by atoms with E-state index < -0.39 is 0 Å². The Hall–Kier alpha value is -1.23. The van der Waals surface area contributed by atoms with E-state index in [4.69, 9.17) is 0 Å². The first-order valence-corrected chi connectivity index (χ1v) is 7.43. The van der Waals surface area contributed by atoms with E-state index in [-0.39, 0.29) is 10.6 Å². The summed E-state index contributed by atoms with van der Waals surface area (Å²) in [6, 6.07) is 5.33. The van der Waals surface area contributed by atoms with Gasteiger partial charge in [-0.1, -0.05) is 19.4 Å². The lowest BCUT2D eigenvalue weighted by Gasteiger charge is -2.07. The highest BCUT2D eigenvalue weighted by atomic mass is 32.2. The van der Waals surface area contributed by atoms with Gasteiger partial charge in [0.25, 0.3) is 5.69 Å². The van der Waals surface area contributed by atoms with Gasteiger partial charge in [0, 0.05) is 18.4 Å². The van der Waals surface area contributed by atoms with E-state index in [1.54, 1.807) is 6.07 Å². The number of nitrogens with one attached hydrogen (secondary N) is 1. The molecule has 0 radical (unpaired) electrons. The number of hydrogen-bond acceptors (Lipinski definition) is 4. The van der Waals surface area contributed by atoms with Crippen LogP contribution in [0.15, 0.2) is 18.2 Å². The molecule has 100 valence electrons. The van der Waals surface area contributed by atoms with Gasteiger partial charge in [0.1, 0.15) is 5.69 Å². The maximum atomic E-state index is 10.9. The molecule has 0 saturated heterocycles. The van der Waals surface area contributed by atoms with E-state index in [9.17, 15) is 10.1 Å². The molecule has 1 rings (SSSR count). The molecule has 0 aliphatic heterocycles. The van der Waals surface area contributed by atoms with Crippen LogP contribution in [0.5, 0.6) is 0 Å². The van der Waals surface area contributed by atoms with Gasteiger partial charge in [-0.25, -0.2) is 0 Å². The van der Waals surface area contributed by atoms with Crippen LogP contribution < -0.4 is 5.32 Å². The third-order valence-corrected chi connectivity index (χ3v) is 3.65. The van der Waals surface area contributed by atoms with Crippen molar-refractivity contribution in [1.82, 2.24) is 0 Å². The standard InChI is InChI=1S/C13H20N2O2S/c1-3-5-8-18-10-11-6-7-13(15(16)17)12(9-11)14-4-2/h6-7,9,14H,3-5,8,10H2,1-2H3. The van der Waals surface area contributed by atoms with Crippen LogP contribution in [0.4, 0.5) is 11.4 Å². The average molecular weight is 268 g/mol. The number of anilines is 1. The molecule has 0 fully saturated rings. The fourth-order valence-corrected chi connectivity index (χ4v) is 2.65. The largest absolute Gasteiger partial charge is 0.380 e. The Morgan fingerprint density at radius 2 is 2.17 bits per heavy atom. The van der Waals surface area contributed by atoms with Gasteiger partial charge >= 0.3 is 0 Å². The molecule has 0 saturated carbocycles. The Morgan fingerprint density at radius 1 is 1.39 bits per heavy atom. The van der Waals surface area contributed by atoms with E-state index in [0.717, 1.165) is 17.1 Å². The molecule has 0 unspecified atom stereocenters. The summed E-state index contributed by atoms with van der Waals surface area (Å²) in [5.74, 6) is 2.06. The minimum atomic E-state index is -0.341. The summed E-state index contributed by atoms with van der Waals surface area (Å²) in [6.07, 6.45) is 2.42. The molecule has 0 bridgehead atoms. The van der Waals surface area contributed by atoms with Gasteiger partial charge in [-0.3, -0.25) is 10.1 Å². The molecule has 0 atom stereocenters. The van der Waals surface area contributed by atoms with Gasteiger partial charge in [-0.05, 0) is 30.7 Å². The number of hydrogen-bond donors (Lipinski definition) is 1. The smallest absolute Gasteiger partial charge is 0.292 e. The first-order valence-electron chi connectivity index (χ1n) is 6.28. The van der Waals surface area contributed by atoms with Crippen LogP contribution >= 0.6 is 11.8 Å². The zero-order chi connectivity index (χ0) is 13.4. The van der Waals surface area contributed by atoms with Crippen molar-refractivity contribution in [2.45, 2.75) is 32.4 Å². The lowest BCUT2D eigenvalue weighted by Crippen LogP contribution is -2.01. The molecule has 18 heavy (non-hydrogen) atoms. The molecule has 0 heterocycles. The Bertz CT molecular complexity index is 397. The SMILES string of the molecule is CCCCSCc1ccc([N+](=O)[O-])c(NCC)c1. The normalized spacial score (nSPS) is 10.3. The summed E-state index contributed by atoms with van der Waals surface area (Å²) in [5, 5.41) is 13.9. The lowest BCUT2D eigenvalue weighted by atomic mass is 10.2. The van der Waals surface area contributed by atoms with Gasteiger partial charge in [0.15, 0.2) is 0 Å². The number of nitro benzene ring substituents is 1. The molecule has 0 aliphatic rings. The van der Waals surface area contributed by atoms with Crippen LogP contribution in [0.2, 0.25) is 0 Å². The topological polar surface area (TPSA) is 55.2 Å². The third kappa shape index (κ3) is 4.56. The summed E-state index contributed by atoms with van der Waals surface area (Å²) in [5.41, 5.74) is 1.91. The second-order valence-corrected chi connectivity index (χ2v) is 5.15. The molecule has 0 spiro atoms. The second-order valence-electron chi connectivity index (χ2n) is 4.05. The summed E-state index contributed by atoms with van der Waals surface area (Å²) in [4.78, 5) is 10.5. The summed E-state index contributed by atoms with van der Waals surface area (Å²) >= 11 is 1.87. The van der Waals surface area contributed by atoms with E-state index in [1.165, 1.54) is 12.8 Å². The summed E-state index contributed by atoms with van der Waals surface area (Å²) in [6.45, 7) is 4.80. The van der Waals surface area contributed by atoms with Gasteiger partial charge in [-0.15, -0.1) is 0 Å². The fraction of sp³-hybridized carbons (Fsp3) is 0.538. The number of rotatable bonds is 8. The minimum absolute atomic E-state index is 0.152.